The quantitative estimate of drug-likeness (QED) is 0.448. The van der Waals surface area contributed by atoms with Gasteiger partial charge in [0.1, 0.15) is 0 Å². The molecule has 0 fully saturated rings. The molecule has 3 rings (SSSR count). The summed E-state index contributed by atoms with van der Waals surface area (Å²) in [4.78, 5) is 24.7. The van der Waals surface area contributed by atoms with E-state index in [1.165, 1.54) is 11.8 Å². The van der Waals surface area contributed by atoms with E-state index in [1.54, 1.807) is 61.0 Å². The lowest BCUT2D eigenvalue weighted by Crippen LogP contribution is -2.28. The molecular formula is C20H18Cl3N5O2S. The van der Waals surface area contributed by atoms with E-state index in [0.29, 0.717) is 37.3 Å². The van der Waals surface area contributed by atoms with Crippen molar-refractivity contribution in [3.05, 3.63) is 68.9 Å². The van der Waals surface area contributed by atoms with E-state index in [4.69, 9.17) is 34.8 Å². The largest absolute Gasteiger partial charge is 0.342 e. The van der Waals surface area contributed by atoms with E-state index in [0.717, 1.165) is 0 Å². The maximum atomic E-state index is 12.5. The number of rotatable bonds is 7. The van der Waals surface area contributed by atoms with Gasteiger partial charge in [-0.3, -0.25) is 9.59 Å². The Morgan fingerprint density at radius 3 is 2.52 bits per heavy atom. The molecule has 0 unspecified atom stereocenters. The van der Waals surface area contributed by atoms with E-state index < -0.39 is 6.04 Å². The molecule has 2 aromatic carbocycles. The summed E-state index contributed by atoms with van der Waals surface area (Å²) < 4.78 is 1.73. The number of halogens is 3. The molecule has 1 aromatic heterocycles. The van der Waals surface area contributed by atoms with Gasteiger partial charge in [-0.25, -0.2) is 0 Å². The zero-order valence-electron chi connectivity index (χ0n) is 16.5. The lowest BCUT2D eigenvalue weighted by molar-refractivity contribution is -0.113. The summed E-state index contributed by atoms with van der Waals surface area (Å²) in [5.41, 5.74) is 0.932. The lowest BCUT2D eigenvalue weighted by Gasteiger charge is -2.14. The Balaban J connectivity index is 1.59. The van der Waals surface area contributed by atoms with E-state index in [1.807, 2.05) is 0 Å². The number of anilines is 1. The smallest absolute Gasteiger partial charge is 0.253 e. The van der Waals surface area contributed by atoms with Crippen molar-refractivity contribution in [3.8, 4) is 0 Å². The standard InChI is InChI=1S/C20H18Cl3N5O2S/c1-11(24-19(30)13-5-3-4-6-14(13)21)18-26-27-20(28(18)2)31-10-17(29)25-12-7-8-15(22)16(23)9-12/h3-9,11H,10H2,1-2H3,(H,24,30)(H,25,29)/t11-/m1/s1. The monoisotopic (exact) mass is 497 g/mol. The number of nitrogens with zero attached hydrogens (tertiary/aromatic N) is 3. The first-order valence-corrected chi connectivity index (χ1v) is 11.2. The minimum Gasteiger partial charge on any atom is -0.342 e. The maximum absolute atomic E-state index is 12.5. The number of amides is 2. The van der Waals surface area contributed by atoms with Crippen molar-refractivity contribution < 1.29 is 9.59 Å². The van der Waals surface area contributed by atoms with Crippen molar-refractivity contribution in [2.24, 2.45) is 7.05 Å². The van der Waals surface area contributed by atoms with Crippen LogP contribution >= 0.6 is 46.6 Å². The predicted octanol–water partition coefficient (Wildman–Crippen LogP) is 5.00. The van der Waals surface area contributed by atoms with Crippen LogP contribution in [0.5, 0.6) is 0 Å². The first-order chi connectivity index (χ1) is 14.8. The number of thioether (sulfide) groups is 1. The molecule has 0 aliphatic heterocycles. The highest BCUT2D eigenvalue weighted by Gasteiger charge is 2.20. The van der Waals surface area contributed by atoms with Crippen molar-refractivity contribution in [1.29, 1.82) is 0 Å². The second-order valence-electron chi connectivity index (χ2n) is 6.54. The number of hydrogen-bond donors (Lipinski definition) is 2. The highest BCUT2D eigenvalue weighted by atomic mass is 35.5. The molecule has 3 aromatic rings. The molecule has 0 aliphatic rings. The molecule has 2 N–H and O–H groups in total. The van der Waals surface area contributed by atoms with E-state index >= 15 is 0 Å². The first-order valence-electron chi connectivity index (χ1n) is 9.08. The molecule has 1 heterocycles. The Hall–Kier alpha value is -2.26. The third-order valence-electron chi connectivity index (χ3n) is 4.26. The van der Waals surface area contributed by atoms with Gasteiger partial charge >= 0.3 is 0 Å². The van der Waals surface area contributed by atoms with Gasteiger partial charge in [0.15, 0.2) is 11.0 Å². The summed E-state index contributed by atoms with van der Waals surface area (Å²) in [7, 11) is 1.77. The molecular weight excluding hydrogens is 481 g/mol. The summed E-state index contributed by atoms with van der Waals surface area (Å²) in [5.74, 6) is 0.129. The third-order valence-corrected chi connectivity index (χ3v) is 6.35. The van der Waals surface area contributed by atoms with Crippen LogP contribution in [0.1, 0.15) is 29.1 Å². The van der Waals surface area contributed by atoms with Crippen molar-refractivity contribution in [2.45, 2.75) is 18.1 Å². The number of carbonyl (C=O) groups is 2. The Kier molecular flexibility index (Phi) is 7.83. The third kappa shape index (κ3) is 5.92. The number of carbonyl (C=O) groups excluding carboxylic acids is 2. The van der Waals surface area contributed by atoms with E-state index in [-0.39, 0.29) is 17.6 Å². The fourth-order valence-electron chi connectivity index (χ4n) is 2.71. The SMILES string of the molecule is C[C@@H](NC(=O)c1ccccc1Cl)c1nnc(SCC(=O)Nc2ccc(Cl)c(Cl)c2)n1C. The Labute approximate surface area is 198 Å². The minimum absolute atomic E-state index is 0.118. The summed E-state index contributed by atoms with van der Waals surface area (Å²) in [6.07, 6.45) is 0. The number of benzene rings is 2. The van der Waals surface area contributed by atoms with Crippen LogP contribution in [0.15, 0.2) is 47.6 Å². The number of nitrogens with one attached hydrogen (secondary N) is 2. The van der Waals surface area contributed by atoms with Gasteiger partial charge in [0.05, 0.1) is 32.4 Å². The maximum Gasteiger partial charge on any atom is 0.253 e. The van der Waals surface area contributed by atoms with Gasteiger partial charge in [0.2, 0.25) is 5.91 Å². The second-order valence-corrected chi connectivity index (χ2v) is 8.70. The van der Waals surface area contributed by atoms with Crippen LogP contribution < -0.4 is 10.6 Å². The average Bonchev–Trinajstić information content (AvgIpc) is 3.10. The van der Waals surface area contributed by atoms with Crippen molar-refractivity contribution in [3.63, 3.8) is 0 Å². The zero-order valence-corrected chi connectivity index (χ0v) is 19.6. The molecule has 0 spiro atoms. The molecule has 0 saturated heterocycles. The van der Waals surface area contributed by atoms with Crippen LogP contribution in [-0.2, 0) is 11.8 Å². The van der Waals surface area contributed by atoms with Gasteiger partial charge in [-0.05, 0) is 37.3 Å². The Morgan fingerprint density at radius 2 is 1.81 bits per heavy atom. The van der Waals surface area contributed by atoms with Gasteiger partial charge < -0.3 is 15.2 Å². The fraction of sp³-hybridized carbons (Fsp3) is 0.200. The molecule has 0 radical (unpaired) electrons. The summed E-state index contributed by atoms with van der Waals surface area (Å²) >= 11 is 19.1. The molecule has 31 heavy (non-hydrogen) atoms. The molecule has 162 valence electrons. The normalized spacial score (nSPS) is 11.8. The Morgan fingerprint density at radius 1 is 1.06 bits per heavy atom. The van der Waals surface area contributed by atoms with Gasteiger partial charge in [-0.2, -0.15) is 0 Å². The molecule has 2 amide bonds. The van der Waals surface area contributed by atoms with Gasteiger partial charge in [-0.1, -0.05) is 58.7 Å². The van der Waals surface area contributed by atoms with Crippen LogP contribution in [0.2, 0.25) is 15.1 Å². The molecule has 11 heteroatoms. The molecule has 7 nitrogen and oxygen atoms in total. The average molecular weight is 499 g/mol. The highest BCUT2D eigenvalue weighted by Crippen LogP contribution is 2.25. The summed E-state index contributed by atoms with van der Waals surface area (Å²) in [5, 5.41) is 15.6. The number of aromatic nitrogens is 3. The van der Waals surface area contributed by atoms with Crippen molar-refractivity contribution in [2.75, 3.05) is 11.1 Å². The van der Waals surface area contributed by atoms with Gasteiger partial charge in [0, 0.05) is 12.7 Å². The zero-order chi connectivity index (χ0) is 22.5. The minimum atomic E-state index is -0.416. The van der Waals surface area contributed by atoms with Crippen molar-refractivity contribution >= 4 is 64.1 Å². The van der Waals surface area contributed by atoms with Crippen LogP contribution in [0.4, 0.5) is 5.69 Å². The lowest BCUT2D eigenvalue weighted by atomic mass is 10.2. The van der Waals surface area contributed by atoms with Gasteiger partial charge in [0.25, 0.3) is 5.91 Å². The molecule has 1 atom stereocenters. The van der Waals surface area contributed by atoms with Crippen molar-refractivity contribution in [1.82, 2.24) is 20.1 Å². The van der Waals surface area contributed by atoms with E-state index in [9.17, 15) is 9.59 Å². The second kappa shape index (κ2) is 10.4. The summed E-state index contributed by atoms with van der Waals surface area (Å²) in [6.45, 7) is 1.80. The molecule has 0 bridgehead atoms. The van der Waals surface area contributed by atoms with Crippen LogP contribution in [0.3, 0.4) is 0 Å². The highest BCUT2D eigenvalue weighted by molar-refractivity contribution is 7.99. The molecule has 0 aliphatic carbocycles. The van der Waals surface area contributed by atoms with Crippen LogP contribution in [0.25, 0.3) is 0 Å². The number of hydrogen-bond acceptors (Lipinski definition) is 5. The van der Waals surface area contributed by atoms with Gasteiger partial charge in [-0.15, -0.1) is 10.2 Å². The first kappa shape index (κ1) is 23.4. The predicted molar refractivity (Wildman–Crippen MR) is 124 cm³/mol. The van der Waals surface area contributed by atoms with Crippen LogP contribution in [-0.4, -0.2) is 32.3 Å². The topological polar surface area (TPSA) is 88.9 Å². The summed E-state index contributed by atoms with van der Waals surface area (Å²) in [6, 6.07) is 11.2. The van der Waals surface area contributed by atoms with Crippen LogP contribution in [0, 0.1) is 0 Å². The Bertz CT molecular complexity index is 1120. The van der Waals surface area contributed by atoms with E-state index in [2.05, 4.69) is 20.8 Å². The fourth-order valence-corrected chi connectivity index (χ4v) is 3.95. The molecule has 0 saturated carbocycles.